The SMILES string of the molecule is CCOc1ccc(-c2nn(-c3ccccc3)cc2C=c2sc3nc(=O)c(Cc4ccccc4)nn3c2=O)cc1[N+](=O)[O-]. The van der Waals surface area contributed by atoms with Gasteiger partial charge in [-0.05, 0) is 42.8 Å². The quantitative estimate of drug-likeness (QED) is 0.197. The lowest BCUT2D eigenvalue weighted by molar-refractivity contribution is -0.385. The lowest BCUT2D eigenvalue weighted by atomic mass is 10.1. The first-order chi connectivity index (χ1) is 20.4. The highest BCUT2D eigenvalue weighted by Gasteiger charge is 2.20. The van der Waals surface area contributed by atoms with Gasteiger partial charge in [0.05, 0.1) is 21.7 Å². The fourth-order valence-electron chi connectivity index (χ4n) is 4.50. The Bertz CT molecular complexity index is 2110. The Morgan fingerprint density at radius 1 is 1.00 bits per heavy atom. The molecule has 0 N–H and O–H groups in total. The summed E-state index contributed by atoms with van der Waals surface area (Å²) in [5, 5.41) is 20.9. The highest BCUT2D eigenvalue weighted by molar-refractivity contribution is 7.15. The first kappa shape index (κ1) is 26.7. The van der Waals surface area contributed by atoms with Gasteiger partial charge in [0.2, 0.25) is 4.96 Å². The second-order valence-electron chi connectivity index (χ2n) is 9.22. The third-order valence-electron chi connectivity index (χ3n) is 6.44. The summed E-state index contributed by atoms with van der Waals surface area (Å²) < 4.78 is 8.49. The van der Waals surface area contributed by atoms with Crippen LogP contribution in [-0.4, -0.2) is 35.9 Å². The Hall–Kier alpha value is -5.49. The number of rotatable bonds is 8. The normalized spacial score (nSPS) is 11.7. The maximum Gasteiger partial charge on any atom is 0.311 e. The van der Waals surface area contributed by atoms with Crippen molar-refractivity contribution < 1.29 is 9.66 Å². The Labute approximate surface area is 241 Å². The Morgan fingerprint density at radius 2 is 1.74 bits per heavy atom. The zero-order valence-corrected chi connectivity index (χ0v) is 23.0. The molecule has 0 saturated heterocycles. The van der Waals surface area contributed by atoms with Crippen molar-refractivity contribution in [1.29, 1.82) is 0 Å². The van der Waals surface area contributed by atoms with Gasteiger partial charge in [-0.25, -0.2) is 4.68 Å². The number of hydrogen-bond donors (Lipinski definition) is 0. The monoisotopic (exact) mass is 578 g/mol. The average Bonchev–Trinajstić information content (AvgIpc) is 3.55. The maximum atomic E-state index is 13.4. The van der Waals surface area contributed by atoms with Crippen molar-refractivity contribution in [1.82, 2.24) is 24.4 Å². The first-order valence-corrected chi connectivity index (χ1v) is 13.8. The highest BCUT2D eigenvalue weighted by atomic mass is 32.1. The maximum absolute atomic E-state index is 13.4. The third-order valence-corrected chi connectivity index (χ3v) is 7.40. The van der Waals surface area contributed by atoms with Gasteiger partial charge in [0, 0.05) is 29.8 Å². The number of ether oxygens (including phenoxy) is 1. The van der Waals surface area contributed by atoms with E-state index in [4.69, 9.17) is 9.84 Å². The van der Waals surface area contributed by atoms with Crippen LogP contribution in [0.5, 0.6) is 5.75 Å². The van der Waals surface area contributed by atoms with E-state index in [0.29, 0.717) is 16.8 Å². The van der Waals surface area contributed by atoms with E-state index in [-0.39, 0.29) is 39.7 Å². The molecule has 6 rings (SSSR count). The molecule has 0 spiro atoms. The van der Waals surface area contributed by atoms with Crippen LogP contribution in [0.4, 0.5) is 5.69 Å². The predicted octanol–water partition coefficient (Wildman–Crippen LogP) is 3.81. The molecule has 0 aliphatic rings. The van der Waals surface area contributed by atoms with E-state index >= 15 is 0 Å². The molecule has 3 heterocycles. The van der Waals surface area contributed by atoms with Crippen molar-refractivity contribution >= 4 is 28.1 Å². The summed E-state index contributed by atoms with van der Waals surface area (Å²) in [6, 6.07) is 23.3. The van der Waals surface area contributed by atoms with Gasteiger partial charge in [-0.1, -0.05) is 59.9 Å². The van der Waals surface area contributed by atoms with Crippen LogP contribution in [0.1, 0.15) is 23.7 Å². The molecule has 6 aromatic rings. The topological polar surface area (TPSA) is 135 Å². The van der Waals surface area contributed by atoms with E-state index in [1.807, 2.05) is 60.7 Å². The van der Waals surface area contributed by atoms with Crippen LogP contribution in [0.15, 0.2) is 94.6 Å². The number of hydrogen-bond acceptors (Lipinski definition) is 9. The number of nitro benzene ring substituents is 1. The van der Waals surface area contributed by atoms with E-state index in [9.17, 15) is 19.7 Å². The first-order valence-electron chi connectivity index (χ1n) is 13.0. The number of thiazole rings is 1. The van der Waals surface area contributed by atoms with E-state index in [1.54, 1.807) is 29.9 Å². The second-order valence-corrected chi connectivity index (χ2v) is 10.2. The van der Waals surface area contributed by atoms with Crippen LogP contribution >= 0.6 is 11.3 Å². The van der Waals surface area contributed by atoms with Gasteiger partial charge in [-0.3, -0.25) is 19.7 Å². The molecular formula is C30H22N6O5S. The molecule has 12 heteroatoms. The number of para-hydroxylation sites is 1. The molecule has 0 amide bonds. The molecule has 0 fully saturated rings. The van der Waals surface area contributed by atoms with Crippen LogP contribution in [0.3, 0.4) is 0 Å². The van der Waals surface area contributed by atoms with E-state index in [1.165, 1.54) is 12.1 Å². The molecule has 0 aliphatic carbocycles. The van der Waals surface area contributed by atoms with Gasteiger partial charge in [-0.2, -0.15) is 19.7 Å². The van der Waals surface area contributed by atoms with E-state index < -0.39 is 16.0 Å². The summed E-state index contributed by atoms with van der Waals surface area (Å²) in [4.78, 5) is 41.7. The van der Waals surface area contributed by atoms with Gasteiger partial charge in [-0.15, -0.1) is 0 Å². The van der Waals surface area contributed by atoms with Crippen LogP contribution in [-0.2, 0) is 6.42 Å². The van der Waals surface area contributed by atoms with Crippen LogP contribution < -0.4 is 20.4 Å². The fraction of sp³-hybridized carbons (Fsp3) is 0.100. The van der Waals surface area contributed by atoms with Crippen LogP contribution in [0.2, 0.25) is 0 Å². The number of nitrogens with zero attached hydrogens (tertiary/aromatic N) is 6. The summed E-state index contributed by atoms with van der Waals surface area (Å²) in [6.45, 7) is 2.03. The van der Waals surface area contributed by atoms with Gasteiger partial charge in [0.15, 0.2) is 5.75 Å². The summed E-state index contributed by atoms with van der Waals surface area (Å²) in [7, 11) is 0. The zero-order valence-electron chi connectivity index (χ0n) is 22.2. The molecule has 0 aliphatic heterocycles. The smallest absolute Gasteiger partial charge is 0.311 e. The van der Waals surface area contributed by atoms with Crippen LogP contribution in [0, 0.1) is 10.1 Å². The molecule has 0 bridgehead atoms. The van der Waals surface area contributed by atoms with Crippen molar-refractivity contribution in [3.05, 3.63) is 137 Å². The molecule has 0 unspecified atom stereocenters. The van der Waals surface area contributed by atoms with Gasteiger partial charge in [0.25, 0.3) is 11.1 Å². The van der Waals surface area contributed by atoms with Crippen molar-refractivity contribution in [3.8, 4) is 22.7 Å². The van der Waals surface area contributed by atoms with E-state index in [2.05, 4.69) is 10.1 Å². The third kappa shape index (κ3) is 5.18. The van der Waals surface area contributed by atoms with E-state index in [0.717, 1.165) is 27.1 Å². The second kappa shape index (κ2) is 11.2. The summed E-state index contributed by atoms with van der Waals surface area (Å²) in [5.41, 5.74) is 2.10. The van der Waals surface area contributed by atoms with Crippen LogP contribution in [0.25, 0.3) is 28.0 Å². The molecule has 208 valence electrons. The molecule has 0 atom stereocenters. The van der Waals surface area contributed by atoms with Gasteiger partial charge in [0.1, 0.15) is 11.4 Å². The van der Waals surface area contributed by atoms with Crippen molar-refractivity contribution in [2.45, 2.75) is 13.3 Å². The Balaban J connectivity index is 1.51. The summed E-state index contributed by atoms with van der Waals surface area (Å²) >= 11 is 1.03. The molecule has 42 heavy (non-hydrogen) atoms. The van der Waals surface area contributed by atoms with Gasteiger partial charge >= 0.3 is 5.69 Å². The average molecular weight is 579 g/mol. The molecule has 0 radical (unpaired) electrons. The predicted molar refractivity (Wildman–Crippen MR) is 158 cm³/mol. The van der Waals surface area contributed by atoms with Gasteiger partial charge < -0.3 is 4.74 Å². The van der Waals surface area contributed by atoms with Crippen molar-refractivity contribution in [2.24, 2.45) is 0 Å². The lowest BCUT2D eigenvalue weighted by Gasteiger charge is -2.06. The van der Waals surface area contributed by atoms with Crippen molar-refractivity contribution in [3.63, 3.8) is 0 Å². The molecular weight excluding hydrogens is 556 g/mol. The molecule has 3 aromatic carbocycles. The lowest BCUT2D eigenvalue weighted by Crippen LogP contribution is -2.28. The summed E-state index contributed by atoms with van der Waals surface area (Å²) in [6.07, 6.45) is 3.62. The highest BCUT2D eigenvalue weighted by Crippen LogP contribution is 2.33. The fourth-order valence-corrected chi connectivity index (χ4v) is 5.39. The minimum Gasteiger partial charge on any atom is -0.487 e. The standard InChI is InChI=1S/C30H22N6O5S/c1-2-41-25-14-13-20(16-24(25)36(39)40)27-21(18-34(33-27)22-11-7-4-8-12-22)17-26-29(38)35-30(42-26)31-28(37)23(32-35)15-19-9-5-3-6-10-19/h3-14,16-18H,2,15H2,1H3. The zero-order chi connectivity index (χ0) is 29.2. The Kier molecular flexibility index (Phi) is 7.11. The number of aromatic nitrogens is 5. The number of fused-ring (bicyclic) bond motifs is 1. The molecule has 11 nitrogen and oxygen atoms in total. The largest absolute Gasteiger partial charge is 0.487 e. The van der Waals surface area contributed by atoms with Crippen molar-refractivity contribution in [2.75, 3.05) is 6.61 Å². The number of nitro groups is 1. The summed E-state index contributed by atoms with van der Waals surface area (Å²) in [5.74, 6) is 0.152. The molecule has 0 saturated carbocycles. The number of benzene rings is 3. The minimum absolute atomic E-state index is 0.152. The molecule has 3 aromatic heterocycles. The minimum atomic E-state index is -0.505. The Morgan fingerprint density at radius 3 is 2.45 bits per heavy atom.